The van der Waals surface area contributed by atoms with Crippen LogP contribution >= 0.6 is 0 Å². The lowest BCUT2D eigenvalue weighted by atomic mass is 9.67. The van der Waals surface area contributed by atoms with Gasteiger partial charge in [0.15, 0.2) is 0 Å². The van der Waals surface area contributed by atoms with Gasteiger partial charge in [0.25, 0.3) is 5.91 Å². The van der Waals surface area contributed by atoms with E-state index in [9.17, 15) is 9.59 Å². The third kappa shape index (κ3) is 0.954. The van der Waals surface area contributed by atoms with Crippen LogP contribution in [0.4, 0.5) is 0 Å². The van der Waals surface area contributed by atoms with E-state index in [4.69, 9.17) is 0 Å². The van der Waals surface area contributed by atoms with Gasteiger partial charge in [-0.2, -0.15) is 0 Å². The number of carbonyl (C=O) groups is 2. The first-order chi connectivity index (χ1) is 8.24. The van der Waals surface area contributed by atoms with Crippen molar-refractivity contribution in [1.29, 1.82) is 0 Å². The molecule has 4 aliphatic rings. The van der Waals surface area contributed by atoms with Crippen LogP contribution in [0, 0.1) is 29.6 Å². The molecule has 0 spiro atoms. The maximum absolute atomic E-state index is 12.1. The largest absolute Gasteiger partial charge is 0.274 e. The Morgan fingerprint density at radius 1 is 1.24 bits per heavy atom. The number of nitrogens with zero attached hydrogens (tertiary/aromatic N) is 1. The van der Waals surface area contributed by atoms with Crippen molar-refractivity contribution < 1.29 is 9.59 Å². The fraction of sp³-hybridized carbons (Fsp3) is 0.714. The first-order valence-electron chi connectivity index (χ1n) is 6.73. The van der Waals surface area contributed by atoms with Crippen LogP contribution in [-0.2, 0) is 9.59 Å². The van der Waals surface area contributed by atoms with Gasteiger partial charge in [-0.25, -0.2) is 0 Å². The molecule has 4 rings (SSSR count). The fourth-order valence-corrected chi connectivity index (χ4v) is 5.33. The lowest BCUT2D eigenvalue weighted by Crippen LogP contribution is -2.66. The third-order valence-corrected chi connectivity index (χ3v) is 5.77. The van der Waals surface area contributed by atoms with Gasteiger partial charge in [0.2, 0.25) is 5.91 Å². The second-order valence-corrected chi connectivity index (χ2v) is 6.09. The molecule has 3 heteroatoms. The molecule has 0 aromatic rings. The molecule has 3 nitrogen and oxygen atoms in total. The summed E-state index contributed by atoms with van der Waals surface area (Å²) in [5.41, 5.74) is 0. The molecule has 17 heavy (non-hydrogen) atoms. The third-order valence-electron chi connectivity index (χ3n) is 5.77. The Kier molecular flexibility index (Phi) is 1.74. The van der Waals surface area contributed by atoms with Crippen LogP contribution in [0.2, 0.25) is 0 Å². The fourth-order valence-electron chi connectivity index (χ4n) is 5.33. The lowest BCUT2D eigenvalue weighted by molar-refractivity contribution is -0.170. The van der Waals surface area contributed by atoms with Crippen molar-refractivity contribution >= 4 is 11.8 Å². The molecule has 0 N–H and O–H groups in total. The van der Waals surface area contributed by atoms with Gasteiger partial charge in [-0.15, -0.1) is 0 Å². The minimum Gasteiger partial charge on any atom is -0.274 e. The highest BCUT2D eigenvalue weighted by atomic mass is 16.2. The quantitative estimate of drug-likeness (QED) is 0.507. The Labute approximate surface area is 101 Å². The lowest BCUT2D eigenvalue weighted by Gasteiger charge is -2.51. The molecule has 2 bridgehead atoms. The second kappa shape index (κ2) is 3.01. The Balaban J connectivity index is 1.67. The molecule has 1 heterocycles. The molecule has 0 aromatic heterocycles. The molecule has 3 saturated carbocycles. The molecule has 6 atom stereocenters. The SMILES string of the molecule is C=CC(=O)N1C(=O)C2C3CC(C4CCCC43)C21. The van der Waals surface area contributed by atoms with Crippen molar-refractivity contribution in [3.63, 3.8) is 0 Å². The maximum atomic E-state index is 12.1. The zero-order chi connectivity index (χ0) is 11.7. The van der Waals surface area contributed by atoms with Crippen molar-refractivity contribution in [1.82, 2.24) is 4.90 Å². The first kappa shape index (κ1) is 9.86. The highest BCUT2D eigenvalue weighted by Gasteiger charge is 2.69. The van der Waals surface area contributed by atoms with Crippen molar-refractivity contribution in [3.8, 4) is 0 Å². The van der Waals surface area contributed by atoms with E-state index in [1.807, 2.05) is 0 Å². The number of likely N-dealkylation sites (tertiary alicyclic amines) is 1. The Hall–Kier alpha value is -1.12. The topological polar surface area (TPSA) is 37.4 Å². The van der Waals surface area contributed by atoms with Gasteiger partial charge in [-0.1, -0.05) is 13.0 Å². The number of imide groups is 1. The van der Waals surface area contributed by atoms with E-state index < -0.39 is 0 Å². The van der Waals surface area contributed by atoms with Crippen LogP contribution in [0.5, 0.6) is 0 Å². The smallest absolute Gasteiger partial charge is 0.252 e. The normalized spacial score (nSPS) is 49.9. The predicted molar refractivity (Wildman–Crippen MR) is 61.8 cm³/mol. The Morgan fingerprint density at radius 2 is 1.94 bits per heavy atom. The molecule has 90 valence electrons. The highest BCUT2D eigenvalue weighted by molar-refractivity contribution is 6.06. The Bertz CT molecular complexity index is 430. The van der Waals surface area contributed by atoms with Crippen LogP contribution in [0.15, 0.2) is 12.7 Å². The number of hydrogen-bond acceptors (Lipinski definition) is 2. The van der Waals surface area contributed by atoms with Crippen LogP contribution in [0.25, 0.3) is 0 Å². The zero-order valence-corrected chi connectivity index (χ0v) is 9.84. The average molecular weight is 231 g/mol. The average Bonchev–Trinajstić information content (AvgIpc) is 2.96. The van der Waals surface area contributed by atoms with Gasteiger partial charge in [0.05, 0.1) is 12.0 Å². The number of carbonyl (C=O) groups excluding carboxylic acids is 2. The van der Waals surface area contributed by atoms with Gasteiger partial charge >= 0.3 is 0 Å². The highest BCUT2D eigenvalue weighted by Crippen LogP contribution is 2.65. The maximum Gasteiger partial charge on any atom is 0.252 e. The molecular weight excluding hydrogens is 214 g/mol. The molecule has 0 aromatic carbocycles. The first-order valence-corrected chi connectivity index (χ1v) is 6.73. The zero-order valence-electron chi connectivity index (χ0n) is 9.84. The van der Waals surface area contributed by atoms with Crippen molar-refractivity contribution in [2.24, 2.45) is 29.6 Å². The summed E-state index contributed by atoms with van der Waals surface area (Å²) >= 11 is 0. The summed E-state index contributed by atoms with van der Waals surface area (Å²) in [4.78, 5) is 25.3. The molecule has 6 unspecified atom stereocenters. The van der Waals surface area contributed by atoms with E-state index >= 15 is 0 Å². The van der Waals surface area contributed by atoms with Crippen molar-refractivity contribution in [3.05, 3.63) is 12.7 Å². The van der Waals surface area contributed by atoms with Gasteiger partial charge in [-0.05, 0) is 49.0 Å². The molecule has 3 aliphatic carbocycles. The summed E-state index contributed by atoms with van der Waals surface area (Å²) in [5, 5.41) is 0. The van der Waals surface area contributed by atoms with Crippen LogP contribution < -0.4 is 0 Å². The van der Waals surface area contributed by atoms with E-state index in [-0.39, 0.29) is 23.8 Å². The summed E-state index contributed by atoms with van der Waals surface area (Å²) in [7, 11) is 0. The molecule has 4 fully saturated rings. The number of hydrogen-bond donors (Lipinski definition) is 0. The molecule has 1 aliphatic heterocycles. The summed E-state index contributed by atoms with van der Waals surface area (Å²) < 4.78 is 0. The van der Waals surface area contributed by atoms with Crippen LogP contribution in [0.1, 0.15) is 25.7 Å². The van der Waals surface area contributed by atoms with E-state index in [2.05, 4.69) is 6.58 Å². The number of fused-ring (bicyclic) bond motifs is 8. The second-order valence-electron chi connectivity index (χ2n) is 6.09. The summed E-state index contributed by atoms with van der Waals surface area (Å²) in [6.07, 6.45) is 6.44. The molecule has 0 radical (unpaired) electrons. The Morgan fingerprint density at radius 3 is 2.65 bits per heavy atom. The minimum absolute atomic E-state index is 0.0812. The minimum atomic E-state index is -0.182. The van der Waals surface area contributed by atoms with Gasteiger partial charge in [0.1, 0.15) is 0 Å². The van der Waals surface area contributed by atoms with Gasteiger partial charge < -0.3 is 0 Å². The standard InChI is InChI=1S/C14H17NO2/c1-2-11(16)15-13-10-6-9(12(13)14(15)17)7-4-3-5-8(7)10/h2,7-10,12-13H,1,3-6H2. The predicted octanol–water partition coefficient (Wildman–Crippen LogP) is 1.59. The molecule has 1 saturated heterocycles. The van der Waals surface area contributed by atoms with E-state index in [0.29, 0.717) is 11.8 Å². The summed E-state index contributed by atoms with van der Waals surface area (Å²) in [6.45, 7) is 3.50. The van der Waals surface area contributed by atoms with Crippen molar-refractivity contribution in [2.75, 3.05) is 0 Å². The van der Waals surface area contributed by atoms with Gasteiger partial charge in [0, 0.05) is 0 Å². The monoisotopic (exact) mass is 231 g/mol. The molecular formula is C14H17NO2. The van der Waals surface area contributed by atoms with Crippen LogP contribution in [0.3, 0.4) is 0 Å². The van der Waals surface area contributed by atoms with Crippen LogP contribution in [-0.4, -0.2) is 22.8 Å². The van der Waals surface area contributed by atoms with Crippen molar-refractivity contribution in [2.45, 2.75) is 31.7 Å². The number of rotatable bonds is 1. The van der Waals surface area contributed by atoms with E-state index in [1.54, 1.807) is 0 Å². The molecule has 2 amide bonds. The summed E-state index contributed by atoms with van der Waals surface area (Å²) in [6, 6.07) is 0.234. The van der Waals surface area contributed by atoms with E-state index in [0.717, 1.165) is 11.8 Å². The number of β-lactam (4-membered cyclic amide) rings is 1. The number of amides is 2. The van der Waals surface area contributed by atoms with E-state index in [1.165, 1.54) is 36.7 Å². The summed E-state index contributed by atoms with van der Waals surface area (Å²) in [5.74, 6) is 2.89. The van der Waals surface area contributed by atoms with Gasteiger partial charge in [-0.3, -0.25) is 14.5 Å².